The molecule has 1 atom stereocenters. The third kappa shape index (κ3) is 3.43. The maximum atomic E-state index is 11.2. The minimum atomic E-state index is -0.964. The smallest absolute Gasteiger partial charge is 0.334 e. The maximum Gasteiger partial charge on any atom is 0.334 e. The second-order valence-corrected chi connectivity index (χ2v) is 4.76. The summed E-state index contributed by atoms with van der Waals surface area (Å²) < 4.78 is 1.38. The van der Waals surface area contributed by atoms with E-state index in [2.05, 4.69) is 10.4 Å². The van der Waals surface area contributed by atoms with Crippen molar-refractivity contribution in [2.24, 2.45) is 7.05 Å². The molecule has 19 heavy (non-hydrogen) atoms. The molecule has 0 aliphatic rings. The highest BCUT2D eigenvalue weighted by Crippen LogP contribution is 2.33. The van der Waals surface area contributed by atoms with Gasteiger partial charge in [-0.2, -0.15) is 5.10 Å². The number of carboxylic acids is 1. The van der Waals surface area contributed by atoms with E-state index < -0.39 is 16.9 Å². The Morgan fingerprint density at radius 1 is 1.53 bits per heavy atom. The second-order valence-electron chi connectivity index (χ2n) is 4.76. The Balaban J connectivity index is 3.12. The summed E-state index contributed by atoms with van der Waals surface area (Å²) in [4.78, 5) is 21.3. The van der Waals surface area contributed by atoms with E-state index in [4.69, 9.17) is 5.11 Å². The van der Waals surface area contributed by atoms with Gasteiger partial charge in [0.15, 0.2) is 0 Å². The van der Waals surface area contributed by atoms with Crippen LogP contribution >= 0.6 is 0 Å². The standard InChI is InChI=1S/C11H18N4O4/c1-6(2)9-10(15(18)19)11(14(4)13-9)12-7(3)5-8(16)17/h6-7,12H,5H2,1-4H3,(H,16,17). The van der Waals surface area contributed by atoms with Gasteiger partial charge in [-0.1, -0.05) is 13.8 Å². The number of nitrogens with zero attached hydrogens (tertiary/aromatic N) is 3. The number of nitro groups is 1. The van der Waals surface area contributed by atoms with E-state index in [1.165, 1.54) is 4.68 Å². The number of carboxylic acid groups (broad SMARTS) is 1. The van der Waals surface area contributed by atoms with Crippen molar-refractivity contribution < 1.29 is 14.8 Å². The highest BCUT2D eigenvalue weighted by Gasteiger charge is 2.29. The molecule has 0 aliphatic heterocycles. The molecule has 0 saturated heterocycles. The Morgan fingerprint density at radius 3 is 2.53 bits per heavy atom. The third-order valence-corrected chi connectivity index (χ3v) is 2.64. The molecule has 106 valence electrons. The maximum absolute atomic E-state index is 11.2. The first-order chi connectivity index (χ1) is 8.73. The van der Waals surface area contributed by atoms with Crippen LogP contribution in [0.2, 0.25) is 0 Å². The zero-order valence-corrected chi connectivity index (χ0v) is 11.4. The predicted octanol–water partition coefficient (Wildman–Crippen LogP) is 1.73. The molecule has 2 N–H and O–H groups in total. The topological polar surface area (TPSA) is 110 Å². The van der Waals surface area contributed by atoms with Gasteiger partial charge in [0, 0.05) is 19.0 Å². The summed E-state index contributed by atoms with van der Waals surface area (Å²) in [7, 11) is 1.59. The van der Waals surface area contributed by atoms with Crippen LogP contribution in [-0.4, -0.2) is 31.8 Å². The summed E-state index contributed by atoms with van der Waals surface area (Å²) in [6, 6.07) is -0.424. The lowest BCUT2D eigenvalue weighted by Gasteiger charge is -2.12. The summed E-state index contributed by atoms with van der Waals surface area (Å²) in [5, 5.41) is 26.8. The number of anilines is 1. The fourth-order valence-electron chi connectivity index (χ4n) is 1.81. The highest BCUT2D eigenvalue weighted by atomic mass is 16.6. The van der Waals surface area contributed by atoms with Gasteiger partial charge in [0.05, 0.1) is 11.3 Å². The van der Waals surface area contributed by atoms with Crippen molar-refractivity contribution in [3.05, 3.63) is 15.8 Å². The van der Waals surface area contributed by atoms with Crippen LogP contribution in [0.5, 0.6) is 0 Å². The van der Waals surface area contributed by atoms with Gasteiger partial charge < -0.3 is 10.4 Å². The second kappa shape index (κ2) is 5.68. The summed E-state index contributed by atoms with van der Waals surface area (Å²) in [5.74, 6) is -0.812. The molecule has 1 rings (SSSR count). The molecule has 1 heterocycles. The van der Waals surface area contributed by atoms with Crippen LogP contribution < -0.4 is 5.32 Å². The highest BCUT2D eigenvalue weighted by molar-refractivity contribution is 5.69. The molecule has 8 nitrogen and oxygen atoms in total. The van der Waals surface area contributed by atoms with Crippen molar-refractivity contribution >= 4 is 17.5 Å². The van der Waals surface area contributed by atoms with Crippen molar-refractivity contribution in [2.75, 3.05) is 5.32 Å². The van der Waals surface area contributed by atoms with Crippen LogP contribution in [0.1, 0.15) is 38.8 Å². The molecule has 8 heteroatoms. The molecule has 0 bridgehead atoms. The van der Waals surface area contributed by atoms with E-state index in [-0.39, 0.29) is 23.8 Å². The molecule has 1 aromatic rings. The van der Waals surface area contributed by atoms with Crippen LogP contribution in [0.15, 0.2) is 0 Å². The van der Waals surface area contributed by atoms with Gasteiger partial charge in [0.1, 0.15) is 5.69 Å². The lowest BCUT2D eigenvalue weighted by molar-refractivity contribution is -0.384. The lowest BCUT2D eigenvalue weighted by Crippen LogP contribution is -2.21. The molecule has 0 amide bonds. The summed E-state index contributed by atoms with van der Waals surface area (Å²) in [5.41, 5.74) is 0.298. The van der Waals surface area contributed by atoms with Crippen molar-refractivity contribution in [1.29, 1.82) is 0 Å². The first kappa shape index (κ1) is 14.9. The summed E-state index contributed by atoms with van der Waals surface area (Å²) in [6.07, 6.45) is -0.126. The van der Waals surface area contributed by atoms with E-state index in [0.29, 0.717) is 5.69 Å². The third-order valence-electron chi connectivity index (χ3n) is 2.64. The Bertz CT molecular complexity index is 495. The van der Waals surface area contributed by atoms with Crippen molar-refractivity contribution in [3.63, 3.8) is 0 Å². The van der Waals surface area contributed by atoms with Gasteiger partial charge in [-0.15, -0.1) is 0 Å². The zero-order valence-electron chi connectivity index (χ0n) is 11.4. The van der Waals surface area contributed by atoms with Crippen molar-refractivity contribution in [3.8, 4) is 0 Å². The average molecular weight is 270 g/mol. The molecule has 0 aromatic carbocycles. The molecule has 0 spiro atoms. The van der Waals surface area contributed by atoms with E-state index in [1.807, 2.05) is 13.8 Å². The van der Waals surface area contributed by atoms with Crippen LogP contribution in [0, 0.1) is 10.1 Å². The monoisotopic (exact) mass is 270 g/mol. The molecule has 0 fully saturated rings. The molecular formula is C11H18N4O4. The van der Waals surface area contributed by atoms with Crippen LogP contribution in [0.25, 0.3) is 0 Å². The number of aliphatic carboxylic acids is 1. The van der Waals surface area contributed by atoms with Gasteiger partial charge in [0.25, 0.3) is 0 Å². The van der Waals surface area contributed by atoms with Gasteiger partial charge in [-0.25, -0.2) is 4.68 Å². The Labute approximate surface area is 110 Å². The minimum Gasteiger partial charge on any atom is -0.481 e. The van der Waals surface area contributed by atoms with Crippen LogP contribution in [0.3, 0.4) is 0 Å². The largest absolute Gasteiger partial charge is 0.481 e. The average Bonchev–Trinajstić information content (AvgIpc) is 2.55. The predicted molar refractivity (Wildman–Crippen MR) is 69.3 cm³/mol. The fraction of sp³-hybridized carbons (Fsp3) is 0.636. The van der Waals surface area contributed by atoms with Crippen molar-refractivity contribution in [2.45, 2.75) is 39.2 Å². The van der Waals surface area contributed by atoms with E-state index in [1.54, 1.807) is 14.0 Å². The van der Waals surface area contributed by atoms with Gasteiger partial charge in [-0.05, 0) is 6.92 Å². The Kier molecular flexibility index (Phi) is 4.47. The first-order valence-corrected chi connectivity index (χ1v) is 5.93. The Hall–Kier alpha value is -2.12. The number of carbonyl (C=O) groups is 1. The number of rotatable bonds is 6. The molecule has 1 aromatic heterocycles. The van der Waals surface area contributed by atoms with Gasteiger partial charge in [-0.3, -0.25) is 14.9 Å². The lowest BCUT2D eigenvalue weighted by atomic mass is 10.1. The zero-order chi connectivity index (χ0) is 14.7. The van der Waals surface area contributed by atoms with Crippen LogP contribution in [0.4, 0.5) is 11.5 Å². The Morgan fingerprint density at radius 2 is 2.11 bits per heavy atom. The number of nitrogens with one attached hydrogen (secondary N) is 1. The SMILES string of the molecule is CC(CC(=O)O)Nc1c([N+](=O)[O-])c(C(C)C)nn1C. The first-order valence-electron chi connectivity index (χ1n) is 5.93. The quantitative estimate of drug-likeness (QED) is 0.601. The normalized spacial score (nSPS) is 12.5. The van der Waals surface area contributed by atoms with E-state index >= 15 is 0 Å². The molecule has 0 aliphatic carbocycles. The number of hydrogen-bond donors (Lipinski definition) is 2. The molecule has 0 saturated carbocycles. The summed E-state index contributed by atoms with van der Waals surface area (Å²) in [6.45, 7) is 5.29. The van der Waals surface area contributed by atoms with Crippen molar-refractivity contribution in [1.82, 2.24) is 9.78 Å². The molecule has 1 unspecified atom stereocenters. The number of hydrogen-bond acceptors (Lipinski definition) is 5. The molecule has 0 radical (unpaired) electrons. The van der Waals surface area contributed by atoms with Gasteiger partial charge in [0.2, 0.25) is 5.82 Å². The fourth-order valence-corrected chi connectivity index (χ4v) is 1.81. The van der Waals surface area contributed by atoms with E-state index in [0.717, 1.165) is 0 Å². The number of aromatic nitrogens is 2. The molecular weight excluding hydrogens is 252 g/mol. The van der Waals surface area contributed by atoms with Gasteiger partial charge >= 0.3 is 11.7 Å². The van der Waals surface area contributed by atoms with E-state index in [9.17, 15) is 14.9 Å². The number of aryl methyl sites for hydroxylation is 1. The minimum absolute atomic E-state index is 0.0862. The summed E-state index contributed by atoms with van der Waals surface area (Å²) >= 11 is 0. The van der Waals surface area contributed by atoms with Crippen LogP contribution in [-0.2, 0) is 11.8 Å².